The molecule has 0 amide bonds. The average molecular weight is 491 g/mol. The number of aryl methyl sites for hydroxylation is 3. The number of fused-ring (bicyclic) bond motifs is 1. The maximum atomic E-state index is 5.60. The minimum Gasteiger partial charge on any atom is -0.378 e. The Kier molecular flexibility index (Phi) is 6.04. The highest BCUT2D eigenvalue weighted by Crippen LogP contribution is 2.32. The molecule has 10 heteroatoms. The van der Waals surface area contributed by atoms with Crippen molar-refractivity contribution in [1.29, 1.82) is 0 Å². The summed E-state index contributed by atoms with van der Waals surface area (Å²) in [5.74, 6) is 1.44. The summed E-state index contributed by atoms with van der Waals surface area (Å²) in [5, 5.41) is 9.40. The first-order valence-electron chi connectivity index (χ1n) is 11.4. The molecular formula is C25H27ClN8O. The van der Waals surface area contributed by atoms with Crippen molar-refractivity contribution in [3.05, 3.63) is 60.4 Å². The number of hydrogen-bond donors (Lipinski definition) is 0. The van der Waals surface area contributed by atoms with E-state index in [4.69, 9.17) is 19.8 Å². The van der Waals surface area contributed by atoms with Gasteiger partial charge in [-0.25, -0.2) is 9.67 Å². The highest BCUT2D eigenvalue weighted by molar-refractivity contribution is 5.92. The van der Waals surface area contributed by atoms with Gasteiger partial charge in [-0.15, -0.1) is 12.4 Å². The number of anilines is 1. The molecule has 1 aromatic carbocycles. The smallest absolute Gasteiger partial charge is 0.253 e. The van der Waals surface area contributed by atoms with Crippen LogP contribution in [0.2, 0.25) is 0 Å². The van der Waals surface area contributed by atoms with E-state index in [2.05, 4.69) is 45.8 Å². The van der Waals surface area contributed by atoms with Crippen molar-refractivity contribution < 1.29 is 4.74 Å². The molecule has 6 rings (SSSR count). The average Bonchev–Trinajstić information content (AvgIpc) is 3.58. The molecule has 0 aliphatic carbocycles. The molecule has 35 heavy (non-hydrogen) atoms. The zero-order valence-corrected chi connectivity index (χ0v) is 20.7. The SMILES string of the molecule is Cc1cccc(-c2ccn(-c3nc(N4CCOCC4)c4c(cc(-c5ccn(C)n5)n4C)n3)n2)c1.Cl. The summed E-state index contributed by atoms with van der Waals surface area (Å²) < 4.78 is 11.3. The van der Waals surface area contributed by atoms with Gasteiger partial charge in [0, 0.05) is 45.1 Å². The first-order chi connectivity index (χ1) is 16.6. The van der Waals surface area contributed by atoms with Crippen molar-refractivity contribution in [1.82, 2.24) is 34.1 Å². The van der Waals surface area contributed by atoms with Crippen LogP contribution < -0.4 is 4.90 Å². The molecule has 4 aromatic heterocycles. The van der Waals surface area contributed by atoms with E-state index in [1.165, 1.54) is 5.56 Å². The van der Waals surface area contributed by atoms with Gasteiger partial charge in [-0.1, -0.05) is 23.8 Å². The topological polar surface area (TPSA) is 78.8 Å². The van der Waals surface area contributed by atoms with Crippen LogP contribution in [-0.4, -0.2) is 60.4 Å². The van der Waals surface area contributed by atoms with E-state index in [0.717, 1.165) is 52.6 Å². The van der Waals surface area contributed by atoms with Crippen molar-refractivity contribution in [2.45, 2.75) is 6.92 Å². The molecule has 0 spiro atoms. The summed E-state index contributed by atoms with van der Waals surface area (Å²) in [6.45, 7) is 5.00. The number of aromatic nitrogens is 7. The summed E-state index contributed by atoms with van der Waals surface area (Å²) in [6, 6.07) is 14.4. The Morgan fingerprint density at radius 2 is 1.69 bits per heavy atom. The summed E-state index contributed by atoms with van der Waals surface area (Å²) in [7, 11) is 3.97. The standard InChI is InChI=1S/C25H26N8O.ClH/c1-17-5-4-6-18(15-17)19-8-10-33(29-19)25-26-21-16-22(20-7-9-30(2)28-20)31(3)23(21)24(27-25)32-11-13-34-14-12-32;/h4-10,15-16H,11-14H2,1-3H3;1H. The number of halogens is 1. The molecule has 0 bridgehead atoms. The van der Waals surface area contributed by atoms with Crippen LogP contribution in [0.25, 0.3) is 39.6 Å². The van der Waals surface area contributed by atoms with Gasteiger partial charge >= 0.3 is 0 Å². The Morgan fingerprint density at radius 3 is 2.43 bits per heavy atom. The van der Waals surface area contributed by atoms with Crippen LogP contribution in [0.5, 0.6) is 0 Å². The lowest BCUT2D eigenvalue weighted by Gasteiger charge is -2.28. The number of ether oxygens (including phenoxy) is 1. The first-order valence-corrected chi connectivity index (χ1v) is 11.4. The quantitative estimate of drug-likeness (QED) is 0.381. The summed E-state index contributed by atoms with van der Waals surface area (Å²) in [5.41, 5.74) is 6.91. The number of morpholine rings is 1. The Morgan fingerprint density at radius 1 is 0.886 bits per heavy atom. The molecule has 5 aromatic rings. The summed E-state index contributed by atoms with van der Waals surface area (Å²) in [4.78, 5) is 12.2. The molecule has 1 aliphatic heterocycles. The Hall–Kier alpha value is -3.69. The molecule has 0 saturated carbocycles. The molecule has 0 N–H and O–H groups in total. The zero-order chi connectivity index (χ0) is 23.2. The second-order valence-electron chi connectivity index (χ2n) is 8.66. The fourth-order valence-electron chi connectivity index (χ4n) is 4.51. The Labute approximate surface area is 209 Å². The van der Waals surface area contributed by atoms with Crippen LogP contribution in [0, 0.1) is 6.92 Å². The molecule has 1 fully saturated rings. The predicted molar refractivity (Wildman–Crippen MR) is 138 cm³/mol. The van der Waals surface area contributed by atoms with E-state index in [0.29, 0.717) is 19.2 Å². The van der Waals surface area contributed by atoms with Gasteiger partial charge in [0.2, 0.25) is 0 Å². The van der Waals surface area contributed by atoms with E-state index in [1.807, 2.05) is 49.4 Å². The summed E-state index contributed by atoms with van der Waals surface area (Å²) in [6.07, 6.45) is 3.87. The Balaban J connectivity index is 0.00000253. The normalized spacial score (nSPS) is 13.9. The van der Waals surface area contributed by atoms with E-state index in [9.17, 15) is 0 Å². The number of hydrogen-bond acceptors (Lipinski definition) is 6. The van der Waals surface area contributed by atoms with Crippen LogP contribution in [-0.2, 0) is 18.8 Å². The lowest BCUT2D eigenvalue weighted by atomic mass is 10.1. The molecule has 1 aliphatic rings. The van der Waals surface area contributed by atoms with Crippen LogP contribution in [0.3, 0.4) is 0 Å². The molecule has 1 saturated heterocycles. The maximum Gasteiger partial charge on any atom is 0.253 e. The van der Waals surface area contributed by atoms with Crippen LogP contribution in [0.1, 0.15) is 5.56 Å². The zero-order valence-electron chi connectivity index (χ0n) is 19.9. The van der Waals surface area contributed by atoms with E-state index >= 15 is 0 Å². The van der Waals surface area contributed by atoms with Gasteiger partial charge in [0.1, 0.15) is 11.2 Å². The highest BCUT2D eigenvalue weighted by Gasteiger charge is 2.23. The second-order valence-corrected chi connectivity index (χ2v) is 8.66. The molecule has 5 heterocycles. The van der Waals surface area contributed by atoms with Gasteiger partial charge in [0.25, 0.3) is 5.95 Å². The van der Waals surface area contributed by atoms with Gasteiger partial charge in [-0.05, 0) is 31.2 Å². The predicted octanol–water partition coefficient (Wildman–Crippen LogP) is 3.79. The molecule has 0 atom stereocenters. The molecule has 0 radical (unpaired) electrons. The number of nitrogens with zero attached hydrogens (tertiary/aromatic N) is 8. The van der Waals surface area contributed by atoms with Crippen LogP contribution in [0.15, 0.2) is 54.9 Å². The van der Waals surface area contributed by atoms with E-state index in [1.54, 1.807) is 4.68 Å². The monoisotopic (exact) mass is 490 g/mol. The maximum absolute atomic E-state index is 5.60. The fraction of sp³-hybridized carbons (Fsp3) is 0.280. The third kappa shape index (κ3) is 4.17. The van der Waals surface area contributed by atoms with Gasteiger partial charge < -0.3 is 14.2 Å². The first kappa shape index (κ1) is 23.1. The van der Waals surface area contributed by atoms with Crippen molar-refractivity contribution in [3.8, 4) is 28.6 Å². The van der Waals surface area contributed by atoms with Crippen molar-refractivity contribution in [2.75, 3.05) is 31.2 Å². The van der Waals surface area contributed by atoms with Crippen molar-refractivity contribution in [2.24, 2.45) is 14.1 Å². The van der Waals surface area contributed by atoms with E-state index < -0.39 is 0 Å². The third-order valence-corrected chi connectivity index (χ3v) is 6.25. The van der Waals surface area contributed by atoms with Crippen molar-refractivity contribution >= 4 is 29.3 Å². The lowest BCUT2D eigenvalue weighted by molar-refractivity contribution is 0.122. The van der Waals surface area contributed by atoms with E-state index in [-0.39, 0.29) is 12.4 Å². The van der Waals surface area contributed by atoms with Crippen LogP contribution >= 0.6 is 12.4 Å². The van der Waals surface area contributed by atoms with Gasteiger partial charge in [0.15, 0.2) is 5.82 Å². The minimum absolute atomic E-state index is 0. The van der Waals surface area contributed by atoms with Crippen LogP contribution in [0.4, 0.5) is 5.82 Å². The second kappa shape index (κ2) is 9.16. The van der Waals surface area contributed by atoms with Gasteiger partial charge in [-0.2, -0.15) is 15.2 Å². The molecule has 9 nitrogen and oxygen atoms in total. The molecular weight excluding hydrogens is 464 g/mol. The number of benzene rings is 1. The fourth-order valence-corrected chi connectivity index (χ4v) is 4.51. The van der Waals surface area contributed by atoms with Crippen molar-refractivity contribution in [3.63, 3.8) is 0 Å². The largest absolute Gasteiger partial charge is 0.378 e. The lowest BCUT2D eigenvalue weighted by Crippen LogP contribution is -2.37. The van der Waals surface area contributed by atoms with Gasteiger partial charge in [-0.3, -0.25) is 4.68 Å². The Bertz CT molecular complexity index is 1490. The third-order valence-electron chi connectivity index (χ3n) is 6.25. The molecule has 180 valence electrons. The van der Waals surface area contributed by atoms with Gasteiger partial charge in [0.05, 0.1) is 30.1 Å². The molecule has 0 unspecified atom stereocenters. The minimum atomic E-state index is 0. The summed E-state index contributed by atoms with van der Waals surface area (Å²) >= 11 is 0. The number of rotatable bonds is 4. The highest BCUT2D eigenvalue weighted by atomic mass is 35.5.